The van der Waals surface area contributed by atoms with E-state index in [1.54, 1.807) is 24.3 Å². The third-order valence-electron chi connectivity index (χ3n) is 2.73. The molecule has 2 aromatic rings. The molecule has 3 nitrogen and oxygen atoms in total. The summed E-state index contributed by atoms with van der Waals surface area (Å²) in [5.41, 5.74) is -0.246. The lowest BCUT2D eigenvalue weighted by atomic mass is 9.99. The number of benzene rings is 2. The van der Waals surface area contributed by atoms with Crippen molar-refractivity contribution in [1.82, 2.24) is 0 Å². The van der Waals surface area contributed by atoms with Gasteiger partial charge in [0, 0.05) is 5.39 Å². The fourth-order valence-electron chi connectivity index (χ4n) is 1.78. The molecule has 0 N–H and O–H groups in total. The van der Waals surface area contributed by atoms with Gasteiger partial charge in [-0.25, -0.2) is 0 Å². The van der Waals surface area contributed by atoms with Gasteiger partial charge in [0.05, 0.1) is 11.6 Å². The average molecular weight is 313 g/mol. The summed E-state index contributed by atoms with van der Waals surface area (Å²) in [5.74, 6) is 0. The first-order valence-electron chi connectivity index (χ1n) is 6.27. The summed E-state index contributed by atoms with van der Waals surface area (Å²) < 4.78 is 30.0. The highest BCUT2D eigenvalue weighted by Gasteiger charge is 2.24. The van der Waals surface area contributed by atoms with Crippen LogP contribution in [-0.2, 0) is 14.3 Å². The molecule has 0 bridgehead atoms. The molecule has 0 aliphatic rings. The summed E-state index contributed by atoms with van der Waals surface area (Å²) in [6, 6.07) is 10.6. The Kier molecular flexibility index (Phi) is 4.09. The normalized spacial score (nSPS) is 12.8. The predicted octanol–water partition coefficient (Wildman–Crippen LogP) is 4.24. The van der Waals surface area contributed by atoms with Crippen molar-refractivity contribution in [2.45, 2.75) is 25.7 Å². The van der Waals surface area contributed by atoms with Crippen LogP contribution in [0.25, 0.3) is 10.8 Å². The highest BCUT2D eigenvalue weighted by Crippen LogP contribution is 2.32. The minimum absolute atomic E-state index is 0.0431. The zero-order chi connectivity index (χ0) is 15.0. The van der Waals surface area contributed by atoms with Crippen molar-refractivity contribution in [3.05, 3.63) is 41.4 Å². The molecule has 0 spiro atoms. The fraction of sp³-hybridized carbons (Fsp3) is 0.333. The van der Waals surface area contributed by atoms with Gasteiger partial charge in [0.1, 0.15) is 4.90 Å². The molecule has 0 saturated heterocycles. The van der Waals surface area contributed by atoms with Gasteiger partial charge in [0.15, 0.2) is 0 Å². The molecule has 0 aliphatic heterocycles. The second-order valence-electron chi connectivity index (χ2n) is 5.87. The first-order chi connectivity index (χ1) is 9.21. The molecule has 20 heavy (non-hydrogen) atoms. The lowest BCUT2D eigenvalue weighted by Crippen LogP contribution is -2.19. The van der Waals surface area contributed by atoms with Crippen molar-refractivity contribution >= 4 is 32.5 Å². The second kappa shape index (κ2) is 5.35. The van der Waals surface area contributed by atoms with Gasteiger partial charge in [-0.3, -0.25) is 4.18 Å². The minimum atomic E-state index is -3.88. The van der Waals surface area contributed by atoms with E-state index < -0.39 is 10.1 Å². The van der Waals surface area contributed by atoms with Crippen molar-refractivity contribution in [3.8, 4) is 0 Å². The number of hydrogen-bond acceptors (Lipinski definition) is 3. The lowest BCUT2D eigenvalue weighted by molar-refractivity contribution is 0.203. The Morgan fingerprint density at radius 3 is 2.40 bits per heavy atom. The summed E-state index contributed by atoms with van der Waals surface area (Å²) in [7, 11) is -3.88. The van der Waals surface area contributed by atoms with E-state index in [0.717, 1.165) is 5.39 Å². The molecular weight excluding hydrogens is 296 g/mol. The molecule has 0 radical (unpaired) electrons. The molecule has 0 atom stereocenters. The Morgan fingerprint density at radius 1 is 1.10 bits per heavy atom. The summed E-state index contributed by atoms with van der Waals surface area (Å²) >= 11 is 6.08. The third kappa shape index (κ3) is 3.32. The summed E-state index contributed by atoms with van der Waals surface area (Å²) in [5, 5.41) is 1.57. The standard InChI is InChI=1S/C15H17ClO3S/c1-15(2,3)10-19-20(17,18)14-12-7-5-4-6-11(12)8-9-13(14)16/h4-9H,10H2,1-3H3. The highest BCUT2D eigenvalue weighted by molar-refractivity contribution is 7.87. The van der Waals surface area contributed by atoms with Crippen molar-refractivity contribution in [2.24, 2.45) is 5.41 Å². The van der Waals surface area contributed by atoms with Crippen LogP contribution in [0.3, 0.4) is 0 Å². The van der Waals surface area contributed by atoms with E-state index in [9.17, 15) is 8.42 Å². The van der Waals surface area contributed by atoms with Crippen LogP contribution in [0.5, 0.6) is 0 Å². The Balaban J connectivity index is 2.54. The molecule has 5 heteroatoms. The Morgan fingerprint density at radius 2 is 1.75 bits per heavy atom. The van der Waals surface area contributed by atoms with Gasteiger partial charge in [0.25, 0.3) is 10.1 Å². The molecule has 0 aromatic heterocycles. The van der Waals surface area contributed by atoms with Crippen molar-refractivity contribution < 1.29 is 12.6 Å². The van der Waals surface area contributed by atoms with Crippen LogP contribution < -0.4 is 0 Å². The van der Waals surface area contributed by atoms with Crippen LogP contribution >= 0.6 is 11.6 Å². The van der Waals surface area contributed by atoms with Gasteiger partial charge in [-0.15, -0.1) is 0 Å². The quantitative estimate of drug-likeness (QED) is 0.796. The molecule has 0 amide bonds. The molecular formula is C15H17ClO3S. The summed E-state index contributed by atoms with van der Waals surface area (Å²) in [6.45, 7) is 5.84. The number of hydrogen-bond donors (Lipinski definition) is 0. The van der Waals surface area contributed by atoms with E-state index in [1.807, 2.05) is 32.9 Å². The molecule has 2 aromatic carbocycles. The Bertz CT molecular complexity index is 730. The van der Waals surface area contributed by atoms with Gasteiger partial charge in [-0.2, -0.15) is 8.42 Å². The first-order valence-corrected chi connectivity index (χ1v) is 8.06. The zero-order valence-corrected chi connectivity index (χ0v) is 13.3. The SMILES string of the molecule is CC(C)(C)COS(=O)(=O)c1c(Cl)ccc2ccccc12. The van der Waals surface area contributed by atoms with Crippen LogP contribution in [0, 0.1) is 5.41 Å². The van der Waals surface area contributed by atoms with E-state index in [2.05, 4.69) is 0 Å². The molecule has 0 aliphatic carbocycles. The van der Waals surface area contributed by atoms with Crippen LogP contribution in [-0.4, -0.2) is 15.0 Å². The van der Waals surface area contributed by atoms with Crippen LogP contribution in [0.15, 0.2) is 41.3 Å². The number of fused-ring (bicyclic) bond motifs is 1. The minimum Gasteiger partial charge on any atom is -0.266 e. The summed E-state index contributed by atoms with van der Waals surface area (Å²) in [6.07, 6.45) is 0. The van der Waals surface area contributed by atoms with Gasteiger partial charge in [-0.05, 0) is 16.9 Å². The largest absolute Gasteiger partial charge is 0.299 e. The van der Waals surface area contributed by atoms with Gasteiger partial charge >= 0.3 is 0 Å². The molecule has 0 heterocycles. The Labute approximate surface area is 124 Å². The number of halogens is 1. The highest BCUT2D eigenvalue weighted by atomic mass is 35.5. The van der Waals surface area contributed by atoms with E-state index in [0.29, 0.717) is 5.39 Å². The van der Waals surface area contributed by atoms with Gasteiger partial charge in [-0.1, -0.05) is 62.7 Å². The second-order valence-corrected chi connectivity index (χ2v) is 7.83. The fourth-order valence-corrected chi connectivity index (χ4v) is 3.62. The maximum Gasteiger partial charge on any atom is 0.299 e. The monoisotopic (exact) mass is 312 g/mol. The molecule has 108 valence electrons. The molecule has 2 rings (SSSR count). The van der Waals surface area contributed by atoms with Crippen LogP contribution in [0.2, 0.25) is 5.02 Å². The van der Waals surface area contributed by atoms with Crippen LogP contribution in [0.1, 0.15) is 20.8 Å². The first kappa shape index (κ1) is 15.3. The topological polar surface area (TPSA) is 43.4 Å². The molecule has 0 unspecified atom stereocenters. The predicted molar refractivity (Wildman–Crippen MR) is 81.6 cm³/mol. The van der Waals surface area contributed by atoms with E-state index >= 15 is 0 Å². The lowest BCUT2D eigenvalue weighted by Gasteiger charge is -2.18. The zero-order valence-electron chi connectivity index (χ0n) is 11.7. The number of rotatable bonds is 3. The maximum absolute atomic E-state index is 12.4. The molecule has 0 saturated carbocycles. The van der Waals surface area contributed by atoms with Crippen LogP contribution in [0.4, 0.5) is 0 Å². The van der Waals surface area contributed by atoms with E-state index in [4.69, 9.17) is 15.8 Å². The van der Waals surface area contributed by atoms with Crippen molar-refractivity contribution in [3.63, 3.8) is 0 Å². The average Bonchev–Trinajstić information content (AvgIpc) is 2.35. The van der Waals surface area contributed by atoms with Crippen molar-refractivity contribution in [2.75, 3.05) is 6.61 Å². The summed E-state index contributed by atoms with van der Waals surface area (Å²) in [4.78, 5) is 0.0431. The Hall–Kier alpha value is -1.10. The molecule has 0 fully saturated rings. The maximum atomic E-state index is 12.4. The van der Waals surface area contributed by atoms with E-state index in [-0.39, 0.29) is 21.9 Å². The van der Waals surface area contributed by atoms with Gasteiger partial charge in [0.2, 0.25) is 0 Å². The van der Waals surface area contributed by atoms with Gasteiger partial charge < -0.3 is 0 Å². The third-order valence-corrected chi connectivity index (χ3v) is 4.52. The van der Waals surface area contributed by atoms with Crippen molar-refractivity contribution in [1.29, 1.82) is 0 Å². The van der Waals surface area contributed by atoms with E-state index in [1.165, 1.54) is 0 Å². The smallest absolute Gasteiger partial charge is 0.266 e.